The van der Waals surface area contributed by atoms with Crippen molar-refractivity contribution in [1.29, 1.82) is 0 Å². The molecule has 1 saturated heterocycles. The predicted octanol–water partition coefficient (Wildman–Crippen LogP) is 2.75. The number of pyridine rings is 1. The smallest absolute Gasteiger partial charge is 0.270 e. The van der Waals surface area contributed by atoms with Gasteiger partial charge in [0.2, 0.25) is 0 Å². The van der Waals surface area contributed by atoms with Crippen molar-refractivity contribution in [2.24, 2.45) is 0 Å². The van der Waals surface area contributed by atoms with E-state index in [0.717, 1.165) is 30.8 Å². The van der Waals surface area contributed by atoms with Gasteiger partial charge >= 0.3 is 0 Å². The number of hydrogen-bond acceptors (Lipinski definition) is 6. The molecule has 1 unspecified atom stereocenters. The number of ether oxygens (including phenoxy) is 3. The minimum atomic E-state index is -0.217. The number of nitrogens with zero attached hydrogens (tertiary/aromatic N) is 1. The topological polar surface area (TPSA) is 81.7 Å². The quantitative estimate of drug-likeness (QED) is 0.793. The van der Waals surface area contributed by atoms with Crippen LogP contribution in [0.2, 0.25) is 0 Å². The molecule has 2 heterocycles. The zero-order chi connectivity index (χ0) is 18.4. The average Bonchev–Trinajstić information content (AvgIpc) is 3.20. The van der Waals surface area contributed by atoms with Crippen LogP contribution < -0.4 is 20.1 Å². The molecule has 2 aromatic rings. The standard InChI is InChI=1S/C19H23N3O4/c1-24-14-5-6-16(18(11-14)25-2)22-13-7-8-20-17(10-13)19(23)21-12-15-4-3-9-26-15/h5-8,10-11,15H,3-4,9,12H2,1-2H3,(H,20,22)(H,21,23). The summed E-state index contributed by atoms with van der Waals surface area (Å²) in [4.78, 5) is 16.5. The Morgan fingerprint density at radius 3 is 2.88 bits per heavy atom. The van der Waals surface area contributed by atoms with Gasteiger partial charge in [-0.2, -0.15) is 0 Å². The van der Waals surface area contributed by atoms with Crippen LogP contribution in [0.4, 0.5) is 11.4 Å². The molecule has 1 aliphatic heterocycles. The van der Waals surface area contributed by atoms with Crippen LogP contribution in [0.15, 0.2) is 36.5 Å². The highest BCUT2D eigenvalue weighted by atomic mass is 16.5. The molecule has 7 nitrogen and oxygen atoms in total. The van der Waals surface area contributed by atoms with Gasteiger partial charge in [-0.05, 0) is 37.1 Å². The molecular weight excluding hydrogens is 334 g/mol. The molecule has 0 aliphatic carbocycles. The molecule has 3 rings (SSSR count). The van der Waals surface area contributed by atoms with Crippen LogP contribution in [0.25, 0.3) is 0 Å². The summed E-state index contributed by atoms with van der Waals surface area (Å²) in [5, 5.41) is 6.12. The Labute approximate surface area is 152 Å². The van der Waals surface area contributed by atoms with Gasteiger partial charge in [-0.3, -0.25) is 9.78 Å². The van der Waals surface area contributed by atoms with E-state index in [9.17, 15) is 4.79 Å². The number of benzene rings is 1. The third-order valence-corrected chi connectivity index (χ3v) is 4.19. The van der Waals surface area contributed by atoms with Crippen LogP contribution in [-0.4, -0.2) is 44.4 Å². The van der Waals surface area contributed by atoms with Gasteiger partial charge in [-0.1, -0.05) is 0 Å². The monoisotopic (exact) mass is 357 g/mol. The van der Waals surface area contributed by atoms with Crippen LogP contribution in [-0.2, 0) is 4.74 Å². The first-order chi connectivity index (χ1) is 12.7. The summed E-state index contributed by atoms with van der Waals surface area (Å²) in [5.41, 5.74) is 1.86. The fourth-order valence-corrected chi connectivity index (χ4v) is 2.79. The number of anilines is 2. The van der Waals surface area contributed by atoms with Crippen molar-refractivity contribution in [2.75, 3.05) is 32.7 Å². The second kappa shape index (κ2) is 8.53. The lowest BCUT2D eigenvalue weighted by Crippen LogP contribution is -2.32. The minimum absolute atomic E-state index is 0.101. The first kappa shape index (κ1) is 18.0. The number of carbonyl (C=O) groups excluding carboxylic acids is 1. The Kier molecular flexibility index (Phi) is 5.91. The van der Waals surface area contributed by atoms with Crippen molar-refractivity contribution < 1.29 is 19.0 Å². The second-order valence-corrected chi connectivity index (χ2v) is 5.97. The molecular formula is C19H23N3O4. The van der Waals surface area contributed by atoms with E-state index in [4.69, 9.17) is 14.2 Å². The molecule has 7 heteroatoms. The minimum Gasteiger partial charge on any atom is -0.497 e. The first-order valence-electron chi connectivity index (χ1n) is 8.54. The highest BCUT2D eigenvalue weighted by Crippen LogP contribution is 2.31. The fourth-order valence-electron chi connectivity index (χ4n) is 2.79. The van der Waals surface area contributed by atoms with Crippen molar-refractivity contribution in [3.05, 3.63) is 42.2 Å². The number of aromatic nitrogens is 1. The van der Waals surface area contributed by atoms with Crippen LogP contribution in [0.5, 0.6) is 11.5 Å². The van der Waals surface area contributed by atoms with Crippen molar-refractivity contribution in [3.63, 3.8) is 0 Å². The normalized spacial score (nSPS) is 16.2. The molecule has 0 saturated carbocycles. The molecule has 1 atom stereocenters. The predicted molar refractivity (Wildman–Crippen MR) is 98.4 cm³/mol. The molecule has 0 spiro atoms. The fraction of sp³-hybridized carbons (Fsp3) is 0.368. The molecule has 0 radical (unpaired) electrons. The van der Waals surface area contributed by atoms with E-state index in [1.807, 2.05) is 12.1 Å². The molecule has 0 bridgehead atoms. The molecule has 26 heavy (non-hydrogen) atoms. The van der Waals surface area contributed by atoms with Gasteiger partial charge in [0.05, 0.1) is 26.0 Å². The Morgan fingerprint density at radius 1 is 1.27 bits per heavy atom. The Hall–Kier alpha value is -2.80. The number of amides is 1. The lowest BCUT2D eigenvalue weighted by atomic mass is 10.2. The summed E-state index contributed by atoms with van der Waals surface area (Å²) >= 11 is 0. The maximum Gasteiger partial charge on any atom is 0.270 e. The van der Waals surface area contributed by atoms with Gasteiger partial charge in [0.15, 0.2) is 0 Å². The van der Waals surface area contributed by atoms with E-state index < -0.39 is 0 Å². The second-order valence-electron chi connectivity index (χ2n) is 5.97. The van der Waals surface area contributed by atoms with Crippen molar-refractivity contribution in [2.45, 2.75) is 18.9 Å². The summed E-state index contributed by atoms with van der Waals surface area (Å²) in [6, 6.07) is 8.98. The summed E-state index contributed by atoms with van der Waals surface area (Å²) in [5.74, 6) is 1.13. The molecule has 1 fully saturated rings. The zero-order valence-corrected chi connectivity index (χ0v) is 15.0. The third kappa shape index (κ3) is 4.43. The maximum atomic E-state index is 12.3. The van der Waals surface area contributed by atoms with E-state index in [1.54, 1.807) is 38.6 Å². The van der Waals surface area contributed by atoms with Crippen molar-refractivity contribution >= 4 is 17.3 Å². The summed E-state index contributed by atoms with van der Waals surface area (Å²) < 4.78 is 16.1. The van der Waals surface area contributed by atoms with Gasteiger partial charge in [0.25, 0.3) is 5.91 Å². The Balaban J connectivity index is 1.68. The van der Waals surface area contributed by atoms with Crippen LogP contribution in [0.3, 0.4) is 0 Å². The number of hydrogen-bond donors (Lipinski definition) is 2. The van der Waals surface area contributed by atoms with E-state index >= 15 is 0 Å². The summed E-state index contributed by atoms with van der Waals surface area (Å²) in [6.45, 7) is 1.27. The zero-order valence-electron chi connectivity index (χ0n) is 15.0. The molecule has 1 aromatic heterocycles. The lowest BCUT2D eigenvalue weighted by Gasteiger charge is -2.13. The van der Waals surface area contributed by atoms with Crippen LogP contribution >= 0.6 is 0 Å². The van der Waals surface area contributed by atoms with Crippen LogP contribution in [0.1, 0.15) is 23.3 Å². The molecule has 138 valence electrons. The number of nitrogens with one attached hydrogen (secondary N) is 2. The third-order valence-electron chi connectivity index (χ3n) is 4.19. The maximum absolute atomic E-state index is 12.3. The summed E-state index contributed by atoms with van der Waals surface area (Å²) in [6.07, 6.45) is 3.72. The van der Waals surface area contributed by atoms with Crippen molar-refractivity contribution in [1.82, 2.24) is 10.3 Å². The number of methoxy groups -OCH3 is 2. The number of carbonyl (C=O) groups is 1. The van der Waals surface area contributed by atoms with Gasteiger partial charge in [-0.15, -0.1) is 0 Å². The highest BCUT2D eigenvalue weighted by molar-refractivity contribution is 5.93. The van der Waals surface area contributed by atoms with Gasteiger partial charge < -0.3 is 24.8 Å². The van der Waals surface area contributed by atoms with E-state index in [-0.39, 0.29) is 12.0 Å². The summed E-state index contributed by atoms with van der Waals surface area (Å²) in [7, 11) is 3.20. The molecule has 1 aliphatic rings. The highest BCUT2D eigenvalue weighted by Gasteiger charge is 2.17. The van der Waals surface area contributed by atoms with Gasteiger partial charge in [-0.25, -0.2) is 0 Å². The molecule has 1 aromatic carbocycles. The Bertz CT molecular complexity index is 760. The van der Waals surface area contributed by atoms with Gasteiger partial charge in [0, 0.05) is 31.1 Å². The Morgan fingerprint density at radius 2 is 2.15 bits per heavy atom. The van der Waals surface area contributed by atoms with E-state index in [2.05, 4.69) is 15.6 Å². The van der Waals surface area contributed by atoms with E-state index in [1.165, 1.54) is 0 Å². The van der Waals surface area contributed by atoms with Crippen LogP contribution in [0, 0.1) is 0 Å². The van der Waals surface area contributed by atoms with E-state index in [0.29, 0.717) is 23.7 Å². The SMILES string of the molecule is COc1ccc(Nc2ccnc(C(=O)NCC3CCCO3)c2)c(OC)c1. The van der Waals surface area contributed by atoms with Gasteiger partial charge in [0.1, 0.15) is 17.2 Å². The number of rotatable bonds is 7. The molecule has 1 amide bonds. The molecule has 2 N–H and O–H groups in total. The average molecular weight is 357 g/mol. The van der Waals surface area contributed by atoms with Crippen molar-refractivity contribution in [3.8, 4) is 11.5 Å². The largest absolute Gasteiger partial charge is 0.497 e. The lowest BCUT2D eigenvalue weighted by molar-refractivity contribution is 0.0854. The first-order valence-corrected chi connectivity index (χ1v) is 8.54.